The number of anilines is 1. The molecule has 1 atom stereocenters. The average Bonchev–Trinajstić information content (AvgIpc) is 2.63. The van der Waals surface area contributed by atoms with Crippen molar-refractivity contribution < 1.29 is 18.7 Å². The largest absolute Gasteiger partial charge is 0.449 e. The highest BCUT2D eigenvalue weighted by molar-refractivity contribution is 6.30. The van der Waals surface area contributed by atoms with Gasteiger partial charge in [-0.1, -0.05) is 29.8 Å². The summed E-state index contributed by atoms with van der Waals surface area (Å²) in [5.41, 5.74) is 2.29. The number of carbonyl (C=O) groups excluding carboxylic acids is 2. The number of fused-ring (bicyclic) bond motifs is 1. The topological polar surface area (TPSA) is 68.3 Å². The van der Waals surface area contributed by atoms with Crippen LogP contribution in [0, 0.1) is 19.7 Å². The molecule has 3 aromatic rings. The van der Waals surface area contributed by atoms with Gasteiger partial charge in [-0.3, -0.25) is 9.78 Å². The maximum Gasteiger partial charge on any atom is 0.341 e. The summed E-state index contributed by atoms with van der Waals surface area (Å²) in [6.45, 7) is 4.94. The van der Waals surface area contributed by atoms with E-state index in [-0.39, 0.29) is 10.7 Å². The van der Waals surface area contributed by atoms with Gasteiger partial charge < -0.3 is 10.1 Å². The molecular formula is C21H18ClFN2O3. The van der Waals surface area contributed by atoms with Crippen LogP contribution in [-0.4, -0.2) is 23.0 Å². The summed E-state index contributed by atoms with van der Waals surface area (Å²) >= 11 is 5.70. The molecule has 1 unspecified atom stereocenters. The second-order valence-electron chi connectivity index (χ2n) is 6.38. The molecule has 0 saturated carbocycles. The van der Waals surface area contributed by atoms with E-state index in [1.54, 1.807) is 13.8 Å². The number of para-hydroxylation sites is 1. The molecule has 0 fully saturated rings. The molecule has 1 amide bonds. The van der Waals surface area contributed by atoms with E-state index in [0.29, 0.717) is 11.3 Å². The Morgan fingerprint density at radius 2 is 1.89 bits per heavy atom. The molecule has 144 valence electrons. The van der Waals surface area contributed by atoms with Crippen LogP contribution in [0.15, 0.2) is 42.5 Å². The predicted octanol–water partition coefficient (Wildman–Crippen LogP) is 4.83. The zero-order chi connectivity index (χ0) is 20.4. The summed E-state index contributed by atoms with van der Waals surface area (Å²) in [6.07, 6.45) is -1.13. The van der Waals surface area contributed by atoms with Crippen LogP contribution in [0.25, 0.3) is 10.9 Å². The number of esters is 1. The lowest BCUT2D eigenvalue weighted by atomic mass is 10.0. The molecular weight excluding hydrogens is 383 g/mol. The lowest BCUT2D eigenvalue weighted by Crippen LogP contribution is -2.30. The van der Waals surface area contributed by atoms with Crippen molar-refractivity contribution in [2.24, 2.45) is 0 Å². The minimum atomic E-state index is -1.13. The first-order valence-corrected chi connectivity index (χ1v) is 8.98. The van der Waals surface area contributed by atoms with Gasteiger partial charge in [0.25, 0.3) is 5.91 Å². The third-order valence-corrected chi connectivity index (χ3v) is 4.61. The Bertz CT molecular complexity index is 1080. The van der Waals surface area contributed by atoms with Crippen molar-refractivity contribution in [2.75, 3.05) is 5.32 Å². The van der Waals surface area contributed by atoms with Gasteiger partial charge in [-0.25, -0.2) is 9.18 Å². The van der Waals surface area contributed by atoms with Crippen molar-refractivity contribution in [3.63, 3.8) is 0 Å². The predicted molar refractivity (Wildman–Crippen MR) is 106 cm³/mol. The molecule has 7 heteroatoms. The number of aryl methyl sites for hydroxylation is 2. The van der Waals surface area contributed by atoms with Crippen LogP contribution in [0.1, 0.15) is 28.5 Å². The Morgan fingerprint density at radius 1 is 1.18 bits per heavy atom. The number of carbonyl (C=O) groups is 2. The van der Waals surface area contributed by atoms with E-state index in [2.05, 4.69) is 10.3 Å². The fourth-order valence-electron chi connectivity index (χ4n) is 2.93. The molecule has 3 rings (SSSR count). The lowest BCUT2D eigenvalue weighted by molar-refractivity contribution is -0.123. The fraction of sp³-hybridized carbons (Fsp3) is 0.190. The molecule has 0 spiro atoms. The summed E-state index contributed by atoms with van der Waals surface area (Å²) in [4.78, 5) is 29.4. The van der Waals surface area contributed by atoms with Gasteiger partial charge >= 0.3 is 5.97 Å². The second kappa shape index (κ2) is 7.94. The molecule has 0 bridgehead atoms. The van der Waals surface area contributed by atoms with E-state index < -0.39 is 23.8 Å². The summed E-state index contributed by atoms with van der Waals surface area (Å²) < 4.78 is 19.1. The molecule has 1 aromatic heterocycles. The third-order valence-electron chi connectivity index (χ3n) is 4.38. The minimum Gasteiger partial charge on any atom is -0.449 e. The van der Waals surface area contributed by atoms with E-state index >= 15 is 0 Å². The molecule has 0 saturated heterocycles. The number of amides is 1. The highest BCUT2D eigenvalue weighted by Gasteiger charge is 2.23. The number of pyridine rings is 1. The number of rotatable bonds is 4. The van der Waals surface area contributed by atoms with Gasteiger partial charge in [-0.2, -0.15) is 0 Å². The number of hydrogen-bond acceptors (Lipinski definition) is 4. The summed E-state index contributed by atoms with van der Waals surface area (Å²) in [5.74, 6) is -1.99. The van der Waals surface area contributed by atoms with Gasteiger partial charge in [0, 0.05) is 10.4 Å². The van der Waals surface area contributed by atoms with Gasteiger partial charge in [0.15, 0.2) is 6.10 Å². The Balaban J connectivity index is 1.79. The number of benzene rings is 2. The van der Waals surface area contributed by atoms with Gasteiger partial charge in [-0.05, 0) is 50.6 Å². The van der Waals surface area contributed by atoms with Crippen LogP contribution in [0.4, 0.5) is 10.1 Å². The molecule has 0 aliphatic carbocycles. The van der Waals surface area contributed by atoms with Gasteiger partial charge in [0.1, 0.15) is 5.82 Å². The number of nitrogens with zero attached hydrogens (tertiary/aromatic N) is 1. The highest BCUT2D eigenvalue weighted by atomic mass is 35.5. The average molecular weight is 401 g/mol. The Labute approximate surface area is 166 Å². The number of ether oxygens (including phenoxy) is 1. The van der Waals surface area contributed by atoms with Crippen LogP contribution in [0.3, 0.4) is 0 Å². The Hall–Kier alpha value is -2.99. The van der Waals surface area contributed by atoms with Crippen LogP contribution in [-0.2, 0) is 9.53 Å². The quantitative estimate of drug-likeness (QED) is 0.637. The van der Waals surface area contributed by atoms with E-state index in [1.165, 1.54) is 19.1 Å². The van der Waals surface area contributed by atoms with Crippen molar-refractivity contribution in [1.82, 2.24) is 4.98 Å². The summed E-state index contributed by atoms with van der Waals surface area (Å²) in [6, 6.07) is 11.3. The third kappa shape index (κ3) is 3.97. The van der Waals surface area contributed by atoms with Crippen molar-refractivity contribution >= 4 is 40.1 Å². The number of nitrogens with one attached hydrogen (secondary N) is 1. The van der Waals surface area contributed by atoms with Crippen LogP contribution in [0.5, 0.6) is 0 Å². The molecule has 2 aromatic carbocycles. The fourth-order valence-corrected chi connectivity index (χ4v) is 3.09. The standard InChI is InChI=1S/C21H18ClFN2O3/c1-11-15-6-4-5-7-17(15)24-12(2)19(11)21(27)28-13(3)20(26)25-18-9-8-14(22)10-16(18)23/h4-10,13H,1-3H3,(H,25,26). The maximum absolute atomic E-state index is 13.8. The lowest BCUT2D eigenvalue weighted by Gasteiger charge is -2.16. The van der Waals surface area contributed by atoms with E-state index in [9.17, 15) is 14.0 Å². The monoisotopic (exact) mass is 400 g/mol. The molecule has 28 heavy (non-hydrogen) atoms. The highest BCUT2D eigenvalue weighted by Crippen LogP contribution is 2.24. The van der Waals surface area contributed by atoms with Crippen LogP contribution in [0.2, 0.25) is 5.02 Å². The van der Waals surface area contributed by atoms with Crippen molar-refractivity contribution in [2.45, 2.75) is 26.9 Å². The van der Waals surface area contributed by atoms with Gasteiger partial charge in [0.05, 0.1) is 22.5 Å². The van der Waals surface area contributed by atoms with E-state index in [4.69, 9.17) is 16.3 Å². The Kier molecular flexibility index (Phi) is 5.61. The van der Waals surface area contributed by atoms with Gasteiger partial charge in [0.2, 0.25) is 0 Å². The van der Waals surface area contributed by atoms with Crippen LogP contribution >= 0.6 is 11.6 Å². The number of hydrogen-bond donors (Lipinski definition) is 1. The molecule has 0 aliphatic rings. The zero-order valence-corrected chi connectivity index (χ0v) is 16.3. The van der Waals surface area contributed by atoms with E-state index in [1.807, 2.05) is 24.3 Å². The maximum atomic E-state index is 13.8. The molecule has 5 nitrogen and oxygen atoms in total. The molecule has 1 heterocycles. The SMILES string of the molecule is Cc1nc2ccccc2c(C)c1C(=O)OC(C)C(=O)Nc1ccc(Cl)cc1F. The number of halogens is 2. The van der Waals surface area contributed by atoms with Crippen molar-refractivity contribution in [3.8, 4) is 0 Å². The molecule has 0 radical (unpaired) electrons. The minimum absolute atomic E-state index is 0.0444. The first-order chi connectivity index (χ1) is 13.3. The van der Waals surface area contributed by atoms with Crippen molar-refractivity contribution in [3.05, 3.63) is 70.1 Å². The van der Waals surface area contributed by atoms with Crippen LogP contribution < -0.4 is 5.32 Å². The number of aromatic nitrogens is 1. The first kappa shape index (κ1) is 19.8. The smallest absolute Gasteiger partial charge is 0.341 e. The molecule has 1 N–H and O–H groups in total. The zero-order valence-electron chi connectivity index (χ0n) is 15.5. The second-order valence-corrected chi connectivity index (χ2v) is 6.81. The Morgan fingerprint density at radius 3 is 2.61 bits per heavy atom. The van der Waals surface area contributed by atoms with Crippen molar-refractivity contribution in [1.29, 1.82) is 0 Å². The summed E-state index contributed by atoms with van der Waals surface area (Å²) in [7, 11) is 0. The normalized spacial score (nSPS) is 11.9. The van der Waals surface area contributed by atoms with Gasteiger partial charge in [-0.15, -0.1) is 0 Å². The summed E-state index contributed by atoms with van der Waals surface area (Å²) in [5, 5.41) is 3.43. The van der Waals surface area contributed by atoms with E-state index in [0.717, 1.165) is 22.5 Å². The first-order valence-electron chi connectivity index (χ1n) is 8.60. The molecule has 0 aliphatic heterocycles.